The van der Waals surface area contributed by atoms with Gasteiger partial charge in [0, 0.05) is 18.9 Å². The molecule has 3 N–H and O–H groups in total. The fraction of sp³-hybridized carbons (Fsp3) is 0.333. The van der Waals surface area contributed by atoms with Gasteiger partial charge in [0.05, 0.1) is 0 Å². The first-order valence-electron chi connectivity index (χ1n) is 5.53. The summed E-state index contributed by atoms with van der Waals surface area (Å²) in [5.74, 6) is 4.84. The number of benzene rings is 1. The number of nitrogens with one attached hydrogen (secondary N) is 1. The third-order valence-corrected chi connectivity index (χ3v) is 2.98. The number of hydrazine groups is 1. The van der Waals surface area contributed by atoms with Gasteiger partial charge in [-0.2, -0.15) is 0 Å². The van der Waals surface area contributed by atoms with E-state index in [0.29, 0.717) is 13.0 Å². The van der Waals surface area contributed by atoms with Crippen molar-refractivity contribution in [1.82, 2.24) is 10.3 Å². The maximum atomic E-state index is 11.7. The van der Waals surface area contributed by atoms with Crippen LogP contribution < -0.4 is 11.3 Å². The summed E-state index contributed by atoms with van der Waals surface area (Å²) < 4.78 is 0. The zero-order valence-corrected chi connectivity index (χ0v) is 10.7. The molecule has 0 aliphatic carbocycles. The van der Waals surface area contributed by atoms with Crippen molar-refractivity contribution in [2.75, 3.05) is 13.1 Å². The summed E-state index contributed by atoms with van der Waals surface area (Å²) in [6.45, 7) is 0.620. The van der Waals surface area contributed by atoms with Gasteiger partial charge < -0.3 is 4.90 Å². The van der Waals surface area contributed by atoms with Gasteiger partial charge in [-0.15, -0.1) is 12.4 Å². The Bertz CT molecular complexity index is 425. The topological polar surface area (TPSA) is 75.4 Å². The van der Waals surface area contributed by atoms with Crippen LogP contribution in [0, 0.1) is 0 Å². The molecule has 0 spiro atoms. The fourth-order valence-corrected chi connectivity index (χ4v) is 2.09. The number of rotatable bonds is 3. The quantitative estimate of drug-likeness (QED) is 0.474. The molecule has 1 aliphatic heterocycles. The van der Waals surface area contributed by atoms with E-state index in [2.05, 4.69) is 0 Å². The van der Waals surface area contributed by atoms with E-state index >= 15 is 0 Å². The molecule has 2 amide bonds. The standard InChI is InChI=1S/C12H15N3O2.ClH/c13-14-11(16)8-15-7-10(6-12(15)17)9-4-2-1-3-5-9;/h1-5,10H,6-8,13H2,(H,14,16);1H/t10-;/m0./s1. The van der Waals surface area contributed by atoms with Crippen LogP contribution in [0.1, 0.15) is 17.9 Å². The van der Waals surface area contributed by atoms with Crippen LogP contribution in [0.2, 0.25) is 0 Å². The Morgan fingerprint density at radius 1 is 1.39 bits per heavy atom. The number of carbonyl (C=O) groups is 2. The molecule has 1 heterocycles. The Hall–Kier alpha value is -1.59. The van der Waals surface area contributed by atoms with Gasteiger partial charge in [0.2, 0.25) is 5.91 Å². The largest absolute Gasteiger partial charge is 0.333 e. The summed E-state index contributed by atoms with van der Waals surface area (Å²) in [7, 11) is 0. The minimum Gasteiger partial charge on any atom is -0.333 e. The van der Waals surface area contributed by atoms with Crippen molar-refractivity contribution in [2.45, 2.75) is 12.3 Å². The van der Waals surface area contributed by atoms with E-state index in [-0.39, 0.29) is 36.7 Å². The van der Waals surface area contributed by atoms with Gasteiger partial charge >= 0.3 is 0 Å². The molecule has 6 heteroatoms. The first-order chi connectivity index (χ1) is 8.20. The maximum Gasteiger partial charge on any atom is 0.253 e. The lowest BCUT2D eigenvalue weighted by atomic mass is 9.99. The van der Waals surface area contributed by atoms with E-state index in [9.17, 15) is 9.59 Å². The smallest absolute Gasteiger partial charge is 0.253 e. The fourth-order valence-electron chi connectivity index (χ4n) is 2.09. The molecule has 0 unspecified atom stereocenters. The number of hydrogen-bond donors (Lipinski definition) is 2. The van der Waals surface area contributed by atoms with Crippen molar-refractivity contribution < 1.29 is 9.59 Å². The third kappa shape index (κ3) is 3.21. The summed E-state index contributed by atoms with van der Waals surface area (Å²) >= 11 is 0. The summed E-state index contributed by atoms with van der Waals surface area (Å²) in [4.78, 5) is 24.4. The van der Waals surface area contributed by atoms with Gasteiger partial charge in [-0.3, -0.25) is 15.0 Å². The molecule has 2 rings (SSSR count). The molecule has 1 fully saturated rings. The van der Waals surface area contributed by atoms with Crippen LogP contribution in [-0.4, -0.2) is 29.8 Å². The van der Waals surface area contributed by atoms with Crippen molar-refractivity contribution in [1.29, 1.82) is 0 Å². The molecular weight excluding hydrogens is 254 g/mol. The minimum absolute atomic E-state index is 0. The van der Waals surface area contributed by atoms with E-state index in [1.54, 1.807) is 4.90 Å². The zero-order chi connectivity index (χ0) is 12.3. The Morgan fingerprint density at radius 2 is 2.06 bits per heavy atom. The molecule has 0 saturated carbocycles. The van der Waals surface area contributed by atoms with Crippen LogP contribution in [0.4, 0.5) is 0 Å². The SMILES string of the molecule is Cl.NNC(=O)CN1C[C@@H](c2ccccc2)CC1=O. The highest BCUT2D eigenvalue weighted by Gasteiger charge is 2.31. The molecule has 5 nitrogen and oxygen atoms in total. The minimum atomic E-state index is -0.341. The second kappa shape index (κ2) is 6.37. The number of hydrogen-bond acceptors (Lipinski definition) is 3. The van der Waals surface area contributed by atoms with Crippen LogP contribution in [-0.2, 0) is 9.59 Å². The molecule has 0 radical (unpaired) electrons. The van der Waals surface area contributed by atoms with Gasteiger partial charge in [0.1, 0.15) is 6.54 Å². The summed E-state index contributed by atoms with van der Waals surface area (Å²) in [5.41, 5.74) is 3.17. The molecule has 1 atom stereocenters. The van der Waals surface area contributed by atoms with Gasteiger partial charge in [0.15, 0.2) is 0 Å². The second-order valence-electron chi connectivity index (χ2n) is 4.15. The predicted molar refractivity (Wildman–Crippen MR) is 70.0 cm³/mol. The number of carbonyl (C=O) groups excluding carboxylic acids is 2. The van der Waals surface area contributed by atoms with Gasteiger partial charge in [-0.05, 0) is 5.56 Å². The molecule has 0 aromatic heterocycles. The average Bonchev–Trinajstić information content (AvgIpc) is 2.72. The lowest BCUT2D eigenvalue weighted by molar-refractivity contribution is -0.133. The Balaban J connectivity index is 0.00000162. The van der Waals surface area contributed by atoms with Crippen molar-refractivity contribution >= 4 is 24.2 Å². The van der Waals surface area contributed by atoms with E-state index in [0.717, 1.165) is 5.56 Å². The zero-order valence-electron chi connectivity index (χ0n) is 9.83. The van der Waals surface area contributed by atoms with Gasteiger partial charge in [-0.1, -0.05) is 30.3 Å². The lowest BCUT2D eigenvalue weighted by Gasteiger charge is -2.15. The number of halogens is 1. The molecule has 1 aromatic carbocycles. The van der Waals surface area contributed by atoms with Gasteiger partial charge in [-0.25, -0.2) is 5.84 Å². The Kier molecular flexibility index (Phi) is 5.12. The van der Waals surface area contributed by atoms with Crippen molar-refractivity contribution in [3.63, 3.8) is 0 Å². The molecule has 1 aromatic rings. The summed E-state index contributed by atoms with van der Waals surface area (Å²) in [6.07, 6.45) is 0.460. The van der Waals surface area contributed by atoms with Crippen molar-refractivity contribution in [3.05, 3.63) is 35.9 Å². The summed E-state index contributed by atoms with van der Waals surface area (Å²) in [5, 5.41) is 0. The highest BCUT2D eigenvalue weighted by molar-refractivity contribution is 5.86. The molecule has 1 saturated heterocycles. The molecule has 0 bridgehead atoms. The van der Waals surface area contributed by atoms with Crippen LogP contribution in [0.5, 0.6) is 0 Å². The number of nitrogens with two attached hydrogens (primary N) is 1. The van der Waals surface area contributed by atoms with E-state index < -0.39 is 0 Å². The normalized spacial score (nSPS) is 18.4. The average molecular weight is 270 g/mol. The van der Waals surface area contributed by atoms with E-state index in [1.165, 1.54) is 0 Å². The summed E-state index contributed by atoms with van der Waals surface area (Å²) in [6, 6.07) is 9.86. The predicted octanol–water partition coefficient (Wildman–Crippen LogP) is 0.414. The monoisotopic (exact) mass is 269 g/mol. The number of amides is 2. The van der Waals surface area contributed by atoms with E-state index in [4.69, 9.17) is 5.84 Å². The van der Waals surface area contributed by atoms with Crippen molar-refractivity contribution in [2.24, 2.45) is 5.84 Å². The van der Waals surface area contributed by atoms with E-state index in [1.807, 2.05) is 35.8 Å². The van der Waals surface area contributed by atoms with Crippen LogP contribution >= 0.6 is 12.4 Å². The highest BCUT2D eigenvalue weighted by atomic mass is 35.5. The first kappa shape index (κ1) is 14.5. The van der Waals surface area contributed by atoms with Crippen LogP contribution in [0.15, 0.2) is 30.3 Å². The van der Waals surface area contributed by atoms with Crippen LogP contribution in [0.25, 0.3) is 0 Å². The van der Waals surface area contributed by atoms with Crippen LogP contribution in [0.3, 0.4) is 0 Å². The van der Waals surface area contributed by atoms with Crippen molar-refractivity contribution in [3.8, 4) is 0 Å². The second-order valence-corrected chi connectivity index (χ2v) is 4.15. The highest BCUT2D eigenvalue weighted by Crippen LogP contribution is 2.27. The number of nitrogens with zero attached hydrogens (tertiary/aromatic N) is 1. The Labute approximate surface area is 112 Å². The maximum absolute atomic E-state index is 11.7. The number of likely N-dealkylation sites (tertiary alicyclic amines) is 1. The molecule has 18 heavy (non-hydrogen) atoms. The Morgan fingerprint density at radius 3 is 2.67 bits per heavy atom. The lowest BCUT2D eigenvalue weighted by Crippen LogP contribution is -2.41. The van der Waals surface area contributed by atoms with Gasteiger partial charge in [0.25, 0.3) is 5.91 Å². The molecular formula is C12H16ClN3O2. The molecule has 1 aliphatic rings. The third-order valence-electron chi connectivity index (χ3n) is 2.98. The molecule has 98 valence electrons. The first-order valence-corrected chi connectivity index (χ1v) is 5.53.